The number of aromatic amines is 1. The lowest BCUT2D eigenvalue weighted by molar-refractivity contribution is 0.457. The zero-order valence-corrected chi connectivity index (χ0v) is 5.73. The van der Waals surface area contributed by atoms with Crippen molar-refractivity contribution in [2.75, 3.05) is 0 Å². The molecule has 1 rings (SSSR count). The van der Waals surface area contributed by atoms with E-state index in [0.717, 1.165) is 0 Å². The molecular weight excluding hydrogens is 157 g/mol. The van der Waals surface area contributed by atoms with E-state index in [9.17, 15) is 9.18 Å². The standard InChI is InChI=1S/C6H5ClFNO/c7-5(8)4-2-1-3-9-6(4)10/h1-3,5H,(H,9,10). The molecule has 1 N–H and O–H groups in total. The Kier molecular flexibility index (Phi) is 2.06. The molecule has 0 aliphatic heterocycles. The van der Waals surface area contributed by atoms with Crippen LogP contribution < -0.4 is 5.56 Å². The third kappa shape index (κ3) is 1.36. The summed E-state index contributed by atoms with van der Waals surface area (Å²) in [6, 6.07) is 2.86. The molecule has 1 atom stereocenters. The molecule has 0 aliphatic carbocycles. The third-order valence-corrected chi connectivity index (χ3v) is 1.32. The highest BCUT2D eigenvalue weighted by Gasteiger charge is 2.07. The molecular formula is C6H5ClFNO. The van der Waals surface area contributed by atoms with Crippen molar-refractivity contribution in [2.24, 2.45) is 0 Å². The van der Waals surface area contributed by atoms with Crippen molar-refractivity contribution in [3.05, 3.63) is 34.2 Å². The van der Waals surface area contributed by atoms with Gasteiger partial charge in [0.15, 0.2) is 0 Å². The summed E-state index contributed by atoms with van der Waals surface area (Å²) in [7, 11) is 0. The molecule has 0 aliphatic rings. The van der Waals surface area contributed by atoms with Gasteiger partial charge in [-0.1, -0.05) is 11.6 Å². The number of rotatable bonds is 1. The molecule has 1 unspecified atom stereocenters. The number of pyridine rings is 1. The average molecular weight is 162 g/mol. The molecule has 54 valence electrons. The molecule has 0 radical (unpaired) electrons. The van der Waals surface area contributed by atoms with Crippen LogP contribution in [0.25, 0.3) is 0 Å². The minimum absolute atomic E-state index is 0.0517. The van der Waals surface area contributed by atoms with E-state index in [0.29, 0.717) is 0 Å². The lowest BCUT2D eigenvalue weighted by Crippen LogP contribution is -2.10. The summed E-state index contributed by atoms with van der Waals surface area (Å²) < 4.78 is 12.2. The summed E-state index contributed by atoms with van der Waals surface area (Å²) in [6.45, 7) is 0. The highest BCUT2D eigenvalue weighted by atomic mass is 35.5. The fraction of sp³-hybridized carbons (Fsp3) is 0.167. The molecule has 1 heterocycles. The Hall–Kier alpha value is -0.830. The van der Waals surface area contributed by atoms with E-state index in [1.165, 1.54) is 18.3 Å². The summed E-state index contributed by atoms with van der Waals surface area (Å²) in [5.41, 5.74) is -2.25. The lowest BCUT2D eigenvalue weighted by atomic mass is 10.3. The van der Waals surface area contributed by atoms with Gasteiger partial charge in [0.05, 0.1) is 5.56 Å². The molecule has 0 aromatic carbocycles. The highest BCUT2D eigenvalue weighted by molar-refractivity contribution is 6.19. The number of H-pyrrole nitrogens is 1. The van der Waals surface area contributed by atoms with Crippen molar-refractivity contribution in [3.8, 4) is 0 Å². The summed E-state index contributed by atoms with van der Waals surface area (Å²) in [4.78, 5) is 13.0. The molecule has 0 saturated carbocycles. The van der Waals surface area contributed by atoms with E-state index in [4.69, 9.17) is 11.6 Å². The van der Waals surface area contributed by atoms with Crippen LogP contribution in [0.4, 0.5) is 4.39 Å². The first-order chi connectivity index (χ1) is 4.72. The number of alkyl halides is 2. The van der Waals surface area contributed by atoms with Gasteiger partial charge in [-0.3, -0.25) is 4.79 Å². The van der Waals surface area contributed by atoms with Crippen molar-refractivity contribution < 1.29 is 4.39 Å². The Morgan fingerprint density at radius 3 is 2.80 bits per heavy atom. The van der Waals surface area contributed by atoms with E-state index < -0.39 is 11.2 Å². The van der Waals surface area contributed by atoms with Crippen molar-refractivity contribution in [1.82, 2.24) is 4.98 Å². The molecule has 2 nitrogen and oxygen atoms in total. The number of halogens is 2. The van der Waals surface area contributed by atoms with Crippen LogP contribution in [0, 0.1) is 0 Å². The number of hydrogen-bond acceptors (Lipinski definition) is 1. The predicted octanol–water partition coefficient (Wildman–Crippen LogP) is 1.58. The Balaban J connectivity index is 3.16. The van der Waals surface area contributed by atoms with Crippen molar-refractivity contribution in [3.63, 3.8) is 0 Å². The second-order valence-corrected chi connectivity index (χ2v) is 2.14. The second-order valence-electron chi connectivity index (χ2n) is 1.76. The molecule has 0 saturated heterocycles. The largest absolute Gasteiger partial charge is 0.329 e. The smallest absolute Gasteiger partial charge is 0.255 e. The van der Waals surface area contributed by atoms with Gasteiger partial charge in [0.1, 0.15) is 0 Å². The van der Waals surface area contributed by atoms with Crippen LogP contribution in [0.1, 0.15) is 11.2 Å². The van der Waals surface area contributed by atoms with Crippen LogP contribution in [0.2, 0.25) is 0 Å². The Bertz CT molecular complexity index is 270. The van der Waals surface area contributed by atoms with E-state index in [1.54, 1.807) is 0 Å². The first kappa shape index (κ1) is 7.28. The fourth-order valence-corrected chi connectivity index (χ4v) is 0.778. The summed E-state index contributed by atoms with van der Waals surface area (Å²) in [5.74, 6) is 0. The SMILES string of the molecule is O=c1[nH]cccc1C(F)Cl. The topological polar surface area (TPSA) is 32.9 Å². The van der Waals surface area contributed by atoms with E-state index >= 15 is 0 Å². The molecule has 10 heavy (non-hydrogen) atoms. The normalized spacial score (nSPS) is 13.0. The van der Waals surface area contributed by atoms with Gasteiger partial charge in [-0.2, -0.15) is 0 Å². The summed E-state index contributed by atoms with van der Waals surface area (Å²) in [5, 5.41) is 0. The average Bonchev–Trinajstić information content (AvgIpc) is 1.88. The van der Waals surface area contributed by atoms with Gasteiger partial charge >= 0.3 is 0 Å². The van der Waals surface area contributed by atoms with Crippen LogP contribution in [0.15, 0.2) is 23.1 Å². The van der Waals surface area contributed by atoms with Crippen LogP contribution in [-0.2, 0) is 0 Å². The third-order valence-electron chi connectivity index (χ3n) is 1.08. The Labute approximate surface area is 61.6 Å². The van der Waals surface area contributed by atoms with E-state index in [-0.39, 0.29) is 5.56 Å². The molecule has 4 heteroatoms. The number of nitrogens with one attached hydrogen (secondary N) is 1. The van der Waals surface area contributed by atoms with Crippen LogP contribution in [0.5, 0.6) is 0 Å². The predicted molar refractivity (Wildman–Crippen MR) is 36.8 cm³/mol. The van der Waals surface area contributed by atoms with Gasteiger partial charge in [0, 0.05) is 6.20 Å². The Morgan fingerprint density at radius 2 is 2.40 bits per heavy atom. The first-order valence-electron chi connectivity index (χ1n) is 2.67. The zero-order chi connectivity index (χ0) is 7.56. The highest BCUT2D eigenvalue weighted by Crippen LogP contribution is 2.16. The molecule has 1 aromatic heterocycles. The minimum atomic E-state index is -1.72. The summed E-state index contributed by atoms with van der Waals surface area (Å²) >= 11 is 5.02. The van der Waals surface area contributed by atoms with Crippen molar-refractivity contribution in [2.45, 2.75) is 5.63 Å². The van der Waals surface area contributed by atoms with Gasteiger partial charge < -0.3 is 4.98 Å². The maximum atomic E-state index is 12.2. The molecule has 0 bridgehead atoms. The number of aromatic nitrogens is 1. The van der Waals surface area contributed by atoms with Gasteiger partial charge in [0.2, 0.25) is 5.63 Å². The first-order valence-corrected chi connectivity index (χ1v) is 3.11. The van der Waals surface area contributed by atoms with Gasteiger partial charge in [0.25, 0.3) is 5.56 Å². The van der Waals surface area contributed by atoms with E-state index in [1.807, 2.05) is 0 Å². The van der Waals surface area contributed by atoms with Crippen molar-refractivity contribution >= 4 is 11.6 Å². The Morgan fingerprint density at radius 1 is 1.70 bits per heavy atom. The fourth-order valence-electron chi connectivity index (χ4n) is 0.606. The van der Waals surface area contributed by atoms with Crippen molar-refractivity contribution in [1.29, 1.82) is 0 Å². The molecule has 0 spiro atoms. The monoisotopic (exact) mass is 161 g/mol. The zero-order valence-electron chi connectivity index (χ0n) is 4.97. The second kappa shape index (κ2) is 2.84. The van der Waals surface area contributed by atoms with Crippen LogP contribution in [0.3, 0.4) is 0 Å². The number of hydrogen-bond donors (Lipinski definition) is 1. The van der Waals surface area contributed by atoms with Gasteiger partial charge in [-0.05, 0) is 12.1 Å². The van der Waals surface area contributed by atoms with E-state index in [2.05, 4.69) is 4.98 Å². The molecule has 1 aromatic rings. The maximum absolute atomic E-state index is 12.2. The molecule has 0 amide bonds. The van der Waals surface area contributed by atoms with Crippen LogP contribution >= 0.6 is 11.6 Å². The van der Waals surface area contributed by atoms with Crippen LogP contribution in [-0.4, -0.2) is 4.98 Å². The molecule has 0 fully saturated rings. The quantitative estimate of drug-likeness (QED) is 0.624. The summed E-state index contributed by atoms with van der Waals surface area (Å²) in [6.07, 6.45) is 1.42. The van der Waals surface area contributed by atoms with Gasteiger partial charge in [-0.15, -0.1) is 0 Å². The van der Waals surface area contributed by atoms with Gasteiger partial charge in [-0.25, -0.2) is 4.39 Å². The lowest BCUT2D eigenvalue weighted by Gasteiger charge is -1.95. The minimum Gasteiger partial charge on any atom is -0.329 e. The maximum Gasteiger partial charge on any atom is 0.255 e.